The molecule has 116 valence electrons. The number of halogens is 1. The molecule has 1 aliphatic carbocycles. The average molecular weight is 309 g/mol. The van der Waals surface area contributed by atoms with Crippen LogP contribution in [0.1, 0.15) is 38.2 Å². The summed E-state index contributed by atoms with van der Waals surface area (Å²) in [4.78, 5) is 14.2. The maximum absolute atomic E-state index is 12.1. The summed E-state index contributed by atoms with van der Waals surface area (Å²) in [6, 6.07) is 8.13. The zero-order chi connectivity index (χ0) is 15.2. The Balaban J connectivity index is 1.79. The summed E-state index contributed by atoms with van der Waals surface area (Å²) < 4.78 is 0. The Morgan fingerprint density at radius 3 is 2.86 bits per heavy atom. The molecule has 0 aliphatic heterocycles. The predicted molar refractivity (Wildman–Crippen MR) is 87.3 cm³/mol. The molecule has 0 aromatic heterocycles. The third kappa shape index (κ3) is 5.33. The van der Waals surface area contributed by atoms with Crippen molar-refractivity contribution in [3.05, 3.63) is 34.9 Å². The lowest BCUT2D eigenvalue weighted by atomic mass is 9.86. The van der Waals surface area contributed by atoms with Gasteiger partial charge in [0.2, 0.25) is 5.91 Å². The molecule has 0 bridgehead atoms. The van der Waals surface area contributed by atoms with E-state index in [-0.39, 0.29) is 5.91 Å². The van der Waals surface area contributed by atoms with Gasteiger partial charge in [-0.3, -0.25) is 9.69 Å². The quantitative estimate of drug-likeness (QED) is 0.903. The molecule has 0 unspecified atom stereocenters. The summed E-state index contributed by atoms with van der Waals surface area (Å²) in [5.74, 6) is 0.721. The lowest BCUT2D eigenvalue weighted by molar-refractivity contribution is -0.123. The molecule has 2 atom stereocenters. The molecular formula is C17H25ClN2O. The van der Waals surface area contributed by atoms with Crippen molar-refractivity contribution >= 4 is 17.5 Å². The largest absolute Gasteiger partial charge is 0.352 e. The van der Waals surface area contributed by atoms with Crippen LogP contribution >= 0.6 is 11.6 Å². The van der Waals surface area contributed by atoms with Crippen LogP contribution in [0.3, 0.4) is 0 Å². The number of amides is 1. The van der Waals surface area contributed by atoms with Crippen LogP contribution in [0.2, 0.25) is 5.02 Å². The highest BCUT2D eigenvalue weighted by atomic mass is 35.5. The number of hydrogen-bond acceptors (Lipinski definition) is 2. The summed E-state index contributed by atoms with van der Waals surface area (Å²) in [6.07, 6.45) is 4.87. The van der Waals surface area contributed by atoms with E-state index in [2.05, 4.69) is 12.2 Å². The molecule has 1 amide bonds. The molecule has 3 nitrogen and oxygen atoms in total. The van der Waals surface area contributed by atoms with Crippen molar-refractivity contribution in [2.24, 2.45) is 5.92 Å². The number of nitrogens with zero attached hydrogens (tertiary/aromatic N) is 1. The minimum Gasteiger partial charge on any atom is -0.352 e. The lowest BCUT2D eigenvalue weighted by Gasteiger charge is -2.30. The van der Waals surface area contributed by atoms with Gasteiger partial charge in [0, 0.05) is 17.6 Å². The number of nitrogens with one attached hydrogen (secondary N) is 1. The first-order valence-electron chi connectivity index (χ1n) is 7.77. The van der Waals surface area contributed by atoms with Crippen molar-refractivity contribution in [1.82, 2.24) is 10.2 Å². The molecule has 0 radical (unpaired) electrons. The Morgan fingerprint density at radius 2 is 2.14 bits per heavy atom. The van der Waals surface area contributed by atoms with E-state index in [0.717, 1.165) is 23.6 Å². The molecule has 21 heavy (non-hydrogen) atoms. The maximum atomic E-state index is 12.1. The van der Waals surface area contributed by atoms with Gasteiger partial charge >= 0.3 is 0 Å². The van der Waals surface area contributed by atoms with E-state index in [1.807, 2.05) is 36.2 Å². The Labute approximate surface area is 132 Å². The van der Waals surface area contributed by atoms with Gasteiger partial charge in [0.15, 0.2) is 0 Å². The topological polar surface area (TPSA) is 32.3 Å². The minimum atomic E-state index is 0.123. The molecule has 2 rings (SSSR count). The van der Waals surface area contributed by atoms with Crippen molar-refractivity contribution in [1.29, 1.82) is 0 Å². The third-order valence-electron chi connectivity index (χ3n) is 4.21. The van der Waals surface area contributed by atoms with Gasteiger partial charge < -0.3 is 5.32 Å². The first-order chi connectivity index (χ1) is 10.0. The zero-order valence-corrected chi connectivity index (χ0v) is 13.7. The van der Waals surface area contributed by atoms with Crippen LogP contribution in [0.15, 0.2) is 24.3 Å². The summed E-state index contributed by atoms with van der Waals surface area (Å²) in [6.45, 7) is 3.39. The monoisotopic (exact) mass is 308 g/mol. The maximum Gasteiger partial charge on any atom is 0.234 e. The van der Waals surface area contributed by atoms with Crippen LogP contribution in [0.5, 0.6) is 0 Å². The Hall–Kier alpha value is -1.06. The molecule has 1 N–H and O–H groups in total. The number of benzene rings is 1. The first-order valence-corrected chi connectivity index (χ1v) is 8.15. The lowest BCUT2D eigenvalue weighted by Crippen LogP contribution is -2.44. The van der Waals surface area contributed by atoms with Crippen LogP contribution in [-0.4, -0.2) is 30.4 Å². The molecule has 0 spiro atoms. The highest BCUT2D eigenvalue weighted by Gasteiger charge is 2.22. The fourth-order valence-corrected chi connectivity index (χ4v) is 3.24. The Bertz CT molecular complexity index is 478. The van der Waals surface area contributed by atoms with Crippen molar-refractivity contribution in [2.45, 2.75) is 45.2 Å². The fraction of sp³-hybridized carbons (Fsp3) is 0.588. The van der Waals surface area contributed by atoms with E-state index in [4.69, 9.17) is 11.6 Å². The molecular weight excluding hydrogens is 284 g/mol. The van der Waals surface area contributed by atoms with E-state index in [1.54, 1.807) is 0 Å². The first kappa shape index (κ1) is 16.3. The summed E-state index contributed by atoms with van der Waals surface area (Å²) in [7, 11) is 1.96. The molecule has 0 saturated heterocycles. The van der Waals surface area contributed by atoms with Crippen molar-refractivity contribution in [2.75, 3.05) is 13.6 Å². The smallest absolute Gasteiger partial charge is 0.234 e. The molecule has 1 aromatic rings. The van der Waals surface area contributed by atoms with Gasteiger partial charge in [0.1, 0.15) is 0 Å². The average Bonchev–Trinajstić information content (AvgIpc) is 2.41. The summed E-state index contributed by atoms with van der Waals surface area (Å²) in [5, 5.41) is 3.93. The predicted octanol–water partition coefficient (Wildman–Crippen LogP) is 3.47. The number of carbonyl (C=O) groups excluding carboxylic acids is 1. The van der Waals surface area contributed by atoms with E-state index in [0.29, 0.717) is 18.5 Å². The van der Waals surface area contributed by atoms with Gasteiger partial charge in [-0.25, -0.2) is 0 Å². The molecule has 1 aromatic carbocycles. The van der Waals surface area contributed by atoms with Crippen LogP contribution < -0.4 is 5.32 Å². The van der Waals surface area contributed by atoms with Gasteiger partial charge in [0.25, 0.3) is 0 Å². The van der Waals surface area contributed by atoms with E-state index < -0.39 is 0 Å². The number of rotatable bonds is 5. The number of carbonyl (C=O) groups is 1. The normalized spacial score (nSPS) is 22.3. The minimum absolute atomic E-state index is 0.123. The van der Waals surface area contributed by atoms with Gasteiger partial charge in [-0.05, 0) is 43.5 Å². The van der Waals surface area contributed by atoms with Crippen LogP contribution in [0.4, 0.5) is 0 Å². The highest BCUT2D eigenvalue weighted by molar-refractivity contribution is 6.30. The van der Waals surface area contributed by atoms with Crippen molar-refractivity contribution in [3.8, 4) is 0 Å². The third-order valence-corrected chi connectivity index (χ3v) is 4.45. The molecule has 1 fully saturated rings. The van der Waals surface area contributed by atoms with E-state index in [1.165, 1.54) is 19.3 Å². The van der Waals surface area contributed by atoms with Crippen LogP contribution in [0, 0.1) is 5.92 Å². The molecule has 0 heterocycles. The van der Waals surface area contributed by atoms with Gasteiger partial charge in [-0.1, -0.05) is 43.5 Å². The van der Waals surface area contributed by atoms with E-state index >= 15 is 0 Å². The van der Waals surface area contributed by atoms with Crippen molar-refractivity contribution in [3.63, 3.8) is 0 Å². The SMILES string of the molecule is C[C@@H]1CCCC[C@H]1NC(=O)CN(C)Cc1cccc(Cl)c1. The van der Waals surface area contributed by atoms with Gasteiger partial charge in [-0.15, -0.1) is 0 Å². The summed E-state index contributed by atoms with van der Waals surface area (Å²) in [5.41, 5.74) is 1.13. The Morgan fingerprint density at radius 1 is 1.38 bits per heavy atom. The van der Waals surface area contributed by atoms with E-state index in [9.17, 15) is 4.79 Å². The molecule has 1 aliphatic rings. The fourth-order valence-electron chi connectivity index (χ4n) is 3.03. The van der Waals surface area contributed by atoms with Crippen LogP contribution in [-0.2, 0) is 11.3 Å². The van der Waals surface area contributed by atoms with Crippen LogP contribution in [0.25, 0.3) is 0 Å². The summed E-state index contributed by atoms with van der Waals surface area (Å²) >= 11 is 5.98. The van der Waals surface area contributed by atoms with Gasteiger partial charge in [-0.2, -0.15) is 0 Å². The zero-order valence-electron chi connectivity index (χ0n) is 12.9. The number of likely N-dealkylation sites (N-methyl/N-ethyl adjacent to an activating group) is 1. The van der Waals surface area contributed by atoms with Gasteiger partial charge in [0.05, 0.1) is 6.54 Å². The second-order valence-corrected chi connectivity index (χ2v) is 6.67. The molecule has 1 saturated carbocycles. The second kappa shape index (κ2) is 7.81. The second-order valence-electron chi connectivity index (χ2n) is 6.24. The molecule has 4 heteroatoms. The Kier molecular flexibility index (Phi) is 6.07. The highest BCUT2D eigenvalue weighted by Crippen LogP contribution is 2.23. The van der Waals surface area contributed by atoms with Crippen molar-refractivity contribution < 1.29 is 4.79 Å². The number of hydrogen-bond donors (Lipinski definition) is 1. The standard InChI is InChI=1S/C17H25ClN2O/c1-13-6-3-4-9-16(13)19-17(21)12-20(2)11-14-7-5-8-15(18)10-14/h5,7-8,10,13,16H,3-4,6,9,11-12H2,1-2H3,(H,19,21)/t13-,16-/m1/s1.